The second-order valence-corrected chi connectivity index (χ2v) is 7.79. The maximum absolute atomic E-state index is 13.9. The van der Waals surface area contributed by atoms with E-state index in [1.54, 1.807) is 17.0 Å². The molecular weight excluding hydrogens is 393 g/mol. The molecule has 1 N–H and O–H groups in total. The Labute approximate surface area is 177 Å². The van der Waals surface area contributed by atoms with Gasteiger partial charge in [0.1, 0.15) is 5.54 Å². The standard InChI is InChI=1S/C22H26FN3O2.ClH/c1-4-28-20-13-15(5-6-17(20)23)16-11-14(2)24-19(12-16)18-7-8-22(25-18)9-10-26(3)21(22)27;/h5-6,11-13,18,25H,4,7-10H2,1-3H3;1H/t18-,22+;/m0./s1. The predicted octanol–water partition coefficient (Wildman–Crippen LogP) is 4.04. The maximum atomic E-state index is 13.9. The third kappa shape index (κ3) is 3.96. The summed E-state index contributed by atoms with van der Waals surface area (Å²) in [5, 5.41) is 3.57. The summed E-state index contributed by atoms with van der Waals surface area (Å²) >= 11 is 0. The van der Waals surface area contributed by atoms with Crippen LogP contribution in [0.1, 0.15) is 43.6 Å². The highest BCUT2D eigenvalue weighted by atomic mass is 35.5. The Kier molecular flexibility index (Phi) is 6.15. The van der Waals surface area contributed by atoms with Gasteiger partial charge in [0.15, 0.2) is 11.6 Å². The van der Waals surface area contributed by atoms with Crippen molar-refractivity contribution >= 4 is 18.3 Å². The fraction of sp³-hybridized carbons (Fsp3) is 0.455. The minimum atomic E-state index is -0.441. The number of likely N-dealkylation sites (tertiary alicyclic amines) is 1. The summed E-state index contributed by atoms with van der Waals surface area (Å²) in [6.45, 7) is 5.00. The number of pyridine rings is 1. The van der Waals surface area contributed by atoms with Gasteiger partial charge in [-0.3, -0.25) is 15.1 Å². The van der Waals surface area contributed by atoms with Crippen LogP contribution in [0.15, 0.2) is 30.3 Å². The van der Waals surface area contributed by atoms with Crippen LogP contribution < -0.4 is 10.1 Å². The number of nitrogens with zero attached hydrogens (tertiary/aromatic N) is 2. The molecule has 4 rings (SSSR count). The van der Waals surface area contributed by atoms with Gasteiger partial charge in [0.05, 0.1) is 18.3 Å². The summed E-state index contributed by atoms with van der Waals surface area (Å²) in [5.74, 6) is 0.0798. The molecule has 0 unspecified atom stereocenters. The highest BCUT2D eigenvalue weighted by molar-refractivity contribution is 5.88. The van der Waals surface area contributed by atoms with E-state index in [0.29, 0.717) is 6.61 Å². The number of carbonyl (C=O) groups is 1. The third-order valence-electron chi connectivity index (χ3n) is 5.84. The number of halogens is 2. The Morgan fingerprint density at radius 2 is 2.07 bits per heavy atom. The fourth-order valence-corrected chi connectivity index (χ4v) is 4.38. The van der Waals surface area contributed by atoms with Crippen LogP contribution in [0.5, 0.6) is 5.75 Å². The lowest BCUT2D eigenvalue weighted by atomic mass is 9.96. The zero-order valence-corrected chi connectivity index (χ0v) is 17.8. The molecule has 3 heterocycles. The number of hydrogen-bond donors (Lipinski definition) is 1. The van der Waals surface area contributed by atoms with Crippen molar-refractivity contribution in [2.75, 3.05) is 20.2 Å². The van der Waals surface area contributed by atoms with Crippen LogP contribution in [0.2, 0.25) is 0 Å². The number of benzene rings is 1. The lowest BCUT2D eigenvalue weighted by Gasteiger charge is -2.23. The number of rotatable bonds is 4. The predicted molar refractivity (Wildman–Crippen MR) is 113 cm³/mol. The van der Waals surface area contributed by atoms with E-state index in [1.807, 2.05) is 33.0 Å². The van der Waals surface area contributed by atoms with Crippen LogP contribution in [0.3, 0.4) is 0 Å². The van der Waals surface area contributed by atoms with E-state index in [4.69, 9.17) is 9.72 Å². The van der Waals surface area contributed by atoms with Crippen LogP contribution >= 0.6 is 12.4 Å². The largest absolute Gasteiger partial charge is 0.491 e. The van der Waals surface area contributed by atoms with E-state index >= 15 is 0 Å². The van der Waals surface area contributed by atoms with Crippen molar-refractivity contribution in [1.29, 1.82) is 0 Å². The Morgan fingerprint density at radius 1 is 1.28 bits per heavy atom. The number of ether oxygens (including phenoxy) is 1. The van der Waals surface area contributed by atoms with E-state index in [1.165, 1.54) is 6.07 Å². The Balaban J connectivity index is 0.00000240. The van der Waals surface area contributed by atoms with Gasteiger partial charge < -0.3 is 9.64 Å². The molecule has 2 aliphatic heterocycles. The normalized spacial score (nSPS) is 23.5. The van der Waals surface area contributed by atoms with Crippen LogP contribution in [0.4, 0.5) is 4.39 Å². The van der Waals surface area contributed by atoms with Gasteiger partial charge in [0.25, 0.3) is 0 Å². The third-order valence-corrected chi connectivity index (χ3v) is 5.84. The smallest absolute Gasteiger partial charge is 0.242 e. The van der Waals surface area contributed by atoms with Crippen molar-refractivity contribution in [3.8, 4) is 16.9 Å². The van der Waals surface area contributed by atoms with Gasteiger partial charge in [-0.1, -0.05) is 6.07 Å². The van der Waals surface area contributed by atoms with Crippen LogP contribution in [0.25, 0.3) is 11.1 Å². The first-order valence-electron chi connectivity index (χ1n) is 9.86. The van der Waals surface area contributed by atoms with E-state index < -0.39 is 5.54 Å². The molecule has 1 aromatic carbocycles. The van der Waals surface area contributed by atoms with Gasteiger partial charge >= 0.3 is 0 Å². The lowest BCUT2D eigenvalue weighted by molar-refractivity contribution is -0.131. The van der Waals surface area contributed by atoms with Crippen molar-refractivity contribution in [3.05, 3.63) is 47.5 Å². The molecule has 1 spiro atoms. The van der Waals surface area contributed by atoms with Crippen molar-refractivity contribution in [3.63, 3.8) is 0 Å². The average Bonchev–Trinajstić information content (AvgIpc) is 3.23. The number of aromatic nitrogens is 1. The summed E-state index contributed by atoms with van der Waals surface area (Å²) in [6, 6.07) is 9.00. The molecule has 2 aliphatic rings. The van der Waals surface area contributed by atoms with Gasteiger partial charge in [0.2, 0.25) is 5.91 Å². The van der Waals surface area contributed by atoms with E-state index in [0.717, 1.165) is 48.3 Å². The van der Waals surface area contributed by atoms with Crippen molar-refractivity contribution in [2.45, 2.75) is 44.7 Å². The average molecular weight is 420 g/mol. The van der Waals surface area contributed by atoms with Gasteiger partial charge in [-0.05, 0) is 68.5 Å². The Bertz CT molecular complexity index is 923. The molecule has 1 amide bonds. The zero-order chi connectivity index (χ0) is 19.9. The maximum Gasteiger partial charge on any atom is 0.242 e. The van der Waals surface area contributed by atoms with Crippen molar-refractivity contribution in [1.82, 2.24) is 15.2 Å². The molecule has 0 aliphatic carbocycles. The number of aryl methyl sites for hydroxylation is 1. The Hall–Kier alpha value is -2.18. The van der Waals surface area contributed by atoms with E-state index in [-0.39, 0.29) is 35.9 Å². The van der Waals surface area contributed by atoms with Crippen molar-refractivity contribution in [2.24, 2.45) is 0 Å². The van der Waals surface area contributed by atoms with E-state index in [2.05, 4.69) is 5.32 Å². The van der Waals surface area contributed by atoms with Crippen LogP contribution in [-0.4, -0.2) is 41.5 Å². The van der Waals surface area contributed by atoms with Crippen LogP contribution in [-0.2, 0) is 4.79 Å². The summed E-state index contributed by atoms with van der Waals surface area (Å²) < 4.78 is 19.3. The molecule has 2 atom stereocenters. The molecule has 2 fully saturated rings. The minimum absolute atomic E-state index is 0. The topological polar surface area (TPSA) is 54.5 Å². The lowest BCUT2D eigenvalue weighted by Crippen LogP contribution is -2.47. The summed E-state index contributed by atoms with van der Waals surface area (Å²) in [4.78, 5) is 19.1. The second kappa shape index (κ2) is 8.28. The molecular formula is C22H27ClFN3O2. The zero-order valence-electron chi connectivity index (χ0n) is 17.0. The van der Waals surface area contributed by atoms with Gasteiger partial charge in [0, 0.05) is 19.3 Å². The number of likely N-dealkylation sites (N-methyl/N-ethyl adjacent to an activating group) is 1. The van der Waals surface area contributed by atoms with Gasteiger partial charge in [-0.25, -0.2) is 4.39 Å². The first-order chi connectivity index (χ1) is 13.4. The summed E-state index contributed by atoms with van der Waals surface area (Å²) in [6.07, 6.45) is 2.55. The van der Waals surface area contributed by atoms with E-state index in [9.17, 15) is 9.18 Å². The molecule has 156 valence electrons. The molecule has 0 radical (unpaired) electrons. The SMILES string of the molecule is CCOc1cc(-c2cc(C)nc([C@@H]3CC[C@]4(CCN(C)C4=O)N3)c2)ccc1F.Cl. The quantitative estimate of drug-likeness (QED) is 0.812. The highest BCUT2D eigenvalue weighted by Crippen LogP contribution is 2.39. The first-order valence-corrected chi connectivity index (χ1v) is 9.86. The van der Waals surface area contributed by atoms with Crippen molar-refractivity contribution < 1.29 is 13.9 Å². The fourth-order valence-electron chi connectivity index (χ4n) is 4.38. The summed E-state index contributed by atoms with van der Waals surface area (Å²) in [7, 11) is 1.86. The number of hydrogen-bond acceptors (Lipinski definition) is 4. The molecule has 1 aromatic heterocycles. The molecule has 5 nitrogen and oxygen atoms in total. The number of amides is 1. The van der Waals surface area contributed by atoms with Crippen LogP contribution in [0, 0.1) is 12.7 Å². The second-order valence-electron chi connectivity index (χ2n) is 7.79. The van der Waals surface area contributed by atoms with Gasteiger partial charge in [-0.15, -0.1) is 12.4 Å². The highest BCUT2D eigenvalue weighted by Gasteiger charge is 2.50. The monoisotopic (exact) mass is 419 g/mol. The molecule has 0 saturated carbocycles. The summed E-state index contributed by atoms with van der Waals surface area (Å²) in [5.41, 5.74) is 3.24. The molecule has 29 heavy (non-hydrogen) atoms. The molecule has 2 aromatic rings. The molecule has 2 saturated heterocycles. The first kappa shape index (κ1) is 21.5. The minimum Gasteiger partial charge on any atom is -0.491 e. The molecule has 7 heteroatoms. The molecule has 0 bridgehead atoms. The number of carbonyl (C=O) groups excluding carboxylic acids is 1. The Morgan fingerprint density at radius 3 is 2.76 bits per heavy atom. The number of nitrogens with one attached hydrogen (secondary N) is 1. The van der Waals surface area contributed by atoms with Gasteiger partial charge in [-0.2, -0.15) is 0 Å².